The number of hydrogen-bond donors (Lipinski definition) is 5. The van der Waals surface area contributed by atoms with Gasteiger partial charge in [0.05, 0.1) is 6.04 Å². The lowest BCUT2D eigenvalue weighted by Gasteiger charge is -2.28. The van der Waals surface area contributed by atoms with Gasteiger partial charge in [-0.25, -0.2) is 4.79 Å². The van der Waals surface area contributed by atoms with Crippen LogP contribution in [0, 0.1) is 11.8 Å². The zero-order chi connectivity index (χ0) is 23.0. The Morgan fingerprint density at radius 1 is 1.03 bits per heavy atom. The number of nitrogens with one attached hydrogen (secondary N) is 2. The molecule has 0 aromatic heterocycles. The van der Waals surface area contributed by atoms with E-state index in [1.807, 2.05) is 27.7 Å². The number of carbonyl (C=O) groups excluding carboxylic acids is 3. The molecule has 30 heavy (non-hydrogen) atoms. The number of hydrogen-bond acceptors (Lipinski definition) is 6. The number of aliphatic carboxylic acids is 1. The van der Waals surface area contributed by atoms with E-state index in [1.165, 1.54) is 4.90 Å². The van der Waals surface area contributed by atoms with Gasteiger partial charge in [0.15, 0.2) is 0 Å². The average molecular weight is 445 g/mol. The van der Waals surface area contributed by atoms with Gasteiger partial charge in [0, 0.05) is 12.3 Å². The number of nitrogens with two attached hydrogens (primary N) is 1. The molecule has 1 saturated heterocycles. The highest BCUT2D eigenvalue weighted by atomic mass is 32.1. The maximum Gasteiger partial charge on any atom is 0.326 e. The van der Waals surface area contributed by atoms with Gasteiger partial charge in [-0.2, -0.15) is 12.6 Å². The van der Waals surface area contributed by atoms with Crippen LogP contribution in [0.1, 0.15) is 53.4 Å². The Hall–Kier alpha value is -1.81. The van der Waals surface area contributed by atoms with E-state index in [0.29, 0.717) is 32.2 Å². The summed E-state index contributed by atoms with van der Waals surface area (Å²) < 4.78 is 0. The maximum absolute atomic E-state index is 12.9. The normalized spacial score (nSPS) is 19.5. The summed E-state index contributed by atoms with van der Waals surface area (Å²) in [6.07, 6.45) is 1.84. The number of thiol groups is 1. The van der Waals surface area contributed by atoms with Gasteiger partial charge in [0.1, 0.15) is 18.1 Å². The highest BCUT2D eigenvalue weighted by Crippen LogP contribution is 2.19. The van der Waals surface area contributed by atoms with Gasteiger partial charge in [-0.3, -0.25) is 14.4 Å². The molecule has 0 aromatic rings. The Morgan fingerprint density at radius 2 is 1.60 bits per heavy atom. The molecular formula is C20H36N4O5S. The van der Waals surface area contributed by atoms with E-state index in [0.717, 1.165) is 0 Å². The molecule has 4 unspecified atom stereocenters. The molecule has 0 saturated carbocycles. The number of rotatable bonds is 11. The molecule has 0 aliphatic carbocycles. The summed E-state index contributed by atoms with van der Waals surface area (Å²) in [4.78, 5) is 50.8. The summed E-state index contributed by atoms with van der Waals surface area (Å²) in [7, 11) is 0. The van der Waals surface area contributed by atoms with Gasteiger partial charge in [0.2, 0.25) is 17.7 Å². The molecule has 1 fully saturated rings. The van der Waals surface area contributed by atoms with E-state index < -0.39 is 47.9 Å². The zero-order valence-corrected chi connectivity index (χ0v) is 19.2. The number of carboxylic acid groups (broad SMARTS) is 1. The topological polar surface area (TPSA) is 142 Å². The molecule has 9 nitrogen and oxygen atoms in total. The lowest BCUT2D eigenvalue weighted by molar-refractivity contribution is -0.149. The van der Waals surface area contributed by atoms with E-state index in [9.17, 15) is 24.3 Å². The number of carbonyl (C=O) groups is 4. The Morgan fingerprint density at radius 3 is 2.10 bits per heavy atom. The first kappa shape index (κ1) is 26.2. The predicted molar refractivity (Wildman–Crippen MR) is 117 cm³/mol. The second-order valence-electron chi connectivity index (χ2n) is 8.70. The second-order valence-corrected chi connectivity index (χ2v) is 9.06. The van der Waals surface area contributed by atoms with Crippen LogP contribution in [0.15, 0.2) is 0 Å². The Labute approximate surface area is 183 Å². The molecule has 0 radical (unpaired) electrons. The third-order valence-corrected chi connectivity index (χ3v) is 5.39. The van der Waals surface area contributed by atoms with Crippen molar-refractivity contribution in [2.75, 3.05) is 12.3 Å². The van der Waals surface area contributed by atoms with Crippen molar-refractivity contribution in [1.82, 2.24) is 15.5 Å². The fraction of sp³-hybridized carbons (Fsp3) is 0.800. The molecule has 5 N–H and O–H groups in total. The van der Waals surface area contributed by atoms with Crippen LogP contribution >= 0.6 is 12.6 Å². The first-order chi connectivity index (χ1) is 14.0. The predicted octanol–water partition coefficient (Wildman–Crippen LogP) is 0.381. The smallest absolute Gasteiger partial charge is 0.326 e. The van der Waals surface area contributed by atoms with E-state index in [1.54, 1.807) is 0 Å². The molecule has 0 spiro atoms. The zero-order valence-electron chi connectivity index (χ0n) is 18.3. The lowest BCUT2D eigenvalue weighted by Crippen LogP contribution is -2.58. The molecule has 1 heterocycles. The van der Waals surface area contributed by atoms with Crippen molar-refractivity contribution < 1.29 is 24.3 Å². The monoisotopic (exact) mass is 444 g/mol. The van der Waals surface area contributed by atoms with Crippen molar-refractivity contribution in [1.29, 1.82) is 0 Å². The van der Waals surface area contributed by atoms with Crippen molar-refractivity contribution in [3.8, 4) is 0 Å². The van der Waals surface area contributed by atoms with Crippen molar-refractivity contribution in [2.24, 2.45) is 17.6 Å². The molecule has 4 atom stereocenters. The maximum atomic E-state index is 12.9. The average Bonchev–Trinajstić information content (AvgIpc) is 3.13. The van der Waals surface area contributed by atoms with Gasteiger partial charge < -0.3 is 26.4 Å². The van der Waals surface area contributed by atoms with Crippen molar-refractivity contribution >= 4 is 36.3 Å². The van der Waals surface area contributed by atoms with Crippen molar-refractivity contribution in [3.05, 3.63) is 0 Å². The minimum absolute atomic E-state index is 0.0165. The Kier molecular flexibility index (Phi) is 10.6. The van der Waals surface area contributed by atoms with Crippen molar-refractivity contribution in [3.63, 3.8) is 0 Å². The fourth-order valence-electron chi connectivity index (χ4n) is 3.54. The van der Waals surface area contributed by atoms with Crippen LogP contribution in [0.2, 0.25) is 0 Å². The standard InChI is InChI=1S/C20H36N4O5S/c1-11(2)8-13(21)17(25)22-14(9-12(3)4)18(26)23-15(10-30)19(27)24-7-5-6-16(24)20(28)29/h11-16,30H,5-10,21H2,1-4H3,(H,22,25)(H,23,26)(H,28,29). The summed E-state index contributed by atoms with van der Waals surface area (Å²) >= 11 is 4.17. The Balaban J connectivity index is 2.86. The second kappa shape index (κ2) is 12.1. The van der Waals surface area contributed by atoms with E-state index in [4.69, 9.17) is 5.73 Å². The van der Waals surface area contributed by atoms with Crippen molar-refractivity contribution in [2.45, 2.75) is 77.5 Å². The molecule has 1 aliphatic rings. The van der Waals surface area contributed by atoms with Crippen LogP contribution in [0.5, 0.6) is 0 Å². The van der Waals surface area contributed by atoms with Gasteiger partial charge >= 0.3 is 5.97 Å². The molecule has 0 aromatic carbocycles. The summed E-state index contributed by atoms with van der Waals surface area (Å²) in [5.74, 6) is -2.10. The van der Waals surface area contributed by atoms with Crippen LogP contribution in [-0.4, -0.2) is 70.2 Å². The van der Waals surface area contributed by atoms with E-state index >= 15 is 0 Å². The lowest BCUT2D eigenvalue weighted by atomic mass is 10.0. The highest BCUT2D eigenvalue weighted by molar-refractivity contribution is 7.80. The van der Waals surface area contributed by atoms with Gasteiger partial charge in [-0.1, -0.05) is 27.7 Å². The minimum atomic E-state index is -1.06. The largest absolute Gasteiger partial charge is 0.480 e. The number of nitrogens with zero attached hydrogens (tertiary/aromatic N) is 1. The van der Waals surface area contributed by atoms with Crippen LogP contribution < -0.4 is 16.4 Å². The molecular weight excluding hydrogens is 408 g/mol. The number of carboxylic acids is 1. The van der Waals surface area contributed by atoms with Gasteiger partial charge in [-0.05, 0) is 37.5 Å². The van der Waals surface area contributed by atoms with Crippen LogP contribution in [0.3, 0.4) is 0 Å². The van der Waals surface area contributed by atoms with Gasteiger partial charge in [0.25, 0.3) is 0 Å². The summed E-state index contributed by atoms with van der Waals surface area (Å²) in [6, 6.07) is -3.44. The molecule has 172 valence electrons. The van der Waals surface area contributed by atoms with Crippen LogP contribution in [0.4, 0.5) is 0 Å². The van der Waals surface area contributed by atoms with Crippen LogP contribution in [0.25, 0.3) is 0 Å². The fourth-order valence-corrected chi connectivity index (χ4v) is 3.79. The quantitative estimate of drug-likeness (QED) is 0.292. The number of amides is 3. The van der Waals surface area contributed by atoms with E-state index in [-0.39, 0.29) is 17.6 Å². The molecule has 1 aliphatic heterocycles. The SMILES string of the molecule is CC(C)CC(N)C(=O)NC(CC(C)C)C(=O)NC(CS)C(=O)N1CCCC1C(=O)O. The number of likely N-dealkylation sites (tertiary alicyclic amines) is 1. The van der Waals surface area contributed by atoms with Gasteiger partial charge in [-0.15, -0.1) is 0 Å². The summed E-state index contributed by atoms with van der Waals surface area (Å²) in [5, 5.41) is 14.6. The third kappa shape index (κ3) is 7.79. The molecule has 3 amide bonds. The Bertz CT molecular complexity index is 628. The first-order valence-corrected chi connectivity index (χ1v) is 11.1. The summed E-state index contributed by atoms with van der Waals surface area (Å²) in [6.45, 7) is 8.08. The van der Waals surface area contributed by atoms with Crippen LogP contribution in [-0.2, 0) is 19.2 Å². The molecule has 10 heteroatoms. The molecule has 1 rings (SSSR count). The van der Waals surface area contributed by atoms with E-state index in [2.05, 4.69) is 23.3 Å². The molecule has 0 bridgehead atoms. The summed E-state index contributed by atoms with van der Waals surface area (Å²) in [5.41, 5.74) is 5.93. The first-order valence-electron chi connectivity index (χ1n) is 10.5. The minimum Gasteiger partial charge on any atom is -0.480 e. The highest BCUT2D eigenvalue weighted by Gasteiger charge is 2.38. The third-order valence-electron chi connectivity index (χ3n) is 5.02.